The number of amides is 2. The number of aromatic nitrogens is 4. The molecule has 31 heavy (non-hydrogen) atoms. The summed E-state index contributed by atoms with van der Waals surface area (Å²) in [6, 6.07) is -0.284. The Labute approximate surface area is 180 Å². The van der Waals surface area contributed by atoms with E-state index in [-0.39, 0.29) is 29.3 Å². The fraction of sp³-hybridized carbons (Fsp3) is 0.591. The van der Waals surface area contributed by atoms with Crippen LogP contribution in [0.2, 0.25) is 0 Å². The molecule has 2 aromatic heterocycles. The highest BCUT2D eigenvalue weighted by Crippen LogP contribution is 2.33. The van der Waals surface area contributed by atoms with E-state index in [0.29, 0.717) is 48.7 Å². The molecule has 1 atom stereocenters. The van der Waals surface area contributed by atoms with Crippen molar-refractivity contribution in [3.8, 4) is 0 Å². The molecule has 4 heterocycles. The summed E-state index contributed by atoms with van der Waals surface area (Å²) in [5.41, 5.74) is 2.59. The molecule has 164 valence electrons. The maximum absolute atomic E-state index is 13.3. The maximum Gasteiger partial charge on any atom is 0.257 e. The van der Waals surface area contributed by atoms with Gasteiger partial charge >= 0.3 is 0 Å². The molecule has 1 aliphatic carbocycles. The van der Waals surface area contributed by atoms with Gasteiger partial charge in [-0.05, 0) is 45.4 Å². The van der Waals surface area contributed by atoms with E-state index in [1.165, 1.54) is 0 Å². The number of piperidine rings is 1. The van der Waals surface area contributed by atoms with Crippen LogP contribution < -0.4 is 5.56 Å². The maximum atomic E-state index is 13.3. The van der Waals surface area contributed by atoms with Crippen molar-refractivity contribution in [2.45, 2.75) is 58.0 Å². The van der Waals surface area contributed by atoms with Gasteiger partial charge in [-0.1, -0.05) is 0 Å². The Balaban J connectivity index is 1.45. The van der Waals surface area contributed by atoms with Crippen molar-refractivity contribution in [1.29, 1.82) is 0 Å². The Morgan fingerprint density at radius 1 is 1.16 bits per heavy atom. The summed E-state index contributed by atoms with van der Waals surface area (Å²) in [6.07, 6.45) is 6.68. The third kappa shape index (κ3) is 3.55. The number of H-pyrrole nitrogens is 1. The first-order valence-corrected chi connectivity index (χ1v) is 11.1. The normalized spacial score (nSPS) is 21.2. The Hall–Kier alpha value is -2.97. The Kier molecular flexibility index (Phi) is 4.91. The van der Waals surface area contributed by atoms with Crippen LogP contribution in [0.15, 0.2) is 11.0 Å². The molecule has 5 rings (SSSR count). The van der Waals surface area contributed by atoms with Crippen LogP contribution in [-0.2, 0) is 24.8 Å². The molecular formula is C22H28N6O3. The molecule has 2 fully saturated rings. The minimum absolute atomic E-state index is 0.0822. The second kappa shape index (κ2) is 7.62. The van der Waals surface area contributed by atoms with Crippen LogP contribution in [0.1, 0.15) is 71.3 Å². The lowest BCUT2D eigenvalue weighted by Crippen LogP contribution is -2.43. The second-order valence-electron chi connectivity index (χ2n) is 8.94. The third-order valence-electron chi connectivity index (χ3n) is 6.88. The van der Waals surface area contributed by atoms with Crippen molar-refractivity contribution in [3.05, 3.63) is 44.9 Å². The molecule has 1 unspecified atom stereocenters. The number of nitrogens with zero attached hydrogens (tertiary/aromatic N) is 5. The first-order valence-electron chi connectivity index (χ1n) is 11.1. The number of aromatic amines is 1. The zero-order chi connectivity index (χ0) is 21.7. The quantitative estimate of drug-likeness (QED) is 0.804. The van der Waals surface area contributed by atoms with Crippen molar-refractivity contribution in [2.24, 2.45) is 13.0 Å². The summed E-state index contributed by atoms with van der Waals surface area (Å²) in [5, 5.41) is 4.20. The number of rotatable bonds is 3. The van der Waals surface area contributed by atoms with Crippen LogP contribution in [0.5, 0.6) is 0 Å². The molecular weight excluding hydrogens is 396 g/mol. The number of nitrogens with one attached hydrogen (secondary N) is 1. The van der Waals surface area contributed by atoms with Gasteiger partial charge in [0.2, 0.25) is 5.91 Å². The molecule has 2 aliphatic heterocycles. The average molecular weight is 425 g/mol. The summed E-state index contributed by atoms with van der Waals surface area (Å²) < 4.78 is 1.69. The van der Waals surface area contributed by atoms with Gasteiger partial charge in [0, 0.05) is 37.3 Å². The van der Waals surface area contributed by atoms with Gasteiger partial charge in [-0.15, -0.1) is 0 Å². The highest BCUT2D eigenvalue weighted by Gasteiger charge is 2.37. The van der Waals surface area contributed by atoms with E-state index < -0.39 is 0 Å². The van der Waals surface area contributed by atoms with Gasteiger partial charge in [0.25, 0.3) is 11.5 Å². The smallest absolute Gasteiger partial charge is 0.257 e. The molecule has 1 saturated heterocycles. The van der Waals surface area contributed by atoms with E-state index in [2.05, 4.69) is 10.1 Å². The van der Waals surface area contributed by atoms with Crippen molar-refractivity contribution in [2.75, 3.05) is 13.1 Å². The molecule has 0 spiro atoms. The number of likely N-dealkylation sites (tertiary alicyclic amines) is 1. The molecule has 9 nitrogen and oxygen atoms in total. The lowest BCUT2D eigenvalue weighted by atomic mass is 9.99. The Morgan fingerprint density at radius 2 is 1.97 bits per heavy atom. The second-order valence-corrected chi connectivity index (χ2v) is 8.94. The molecule has 1 saturated carbocycles. The van der Waals surface area contributed by atoms with Gasteiger partial charge in [0.05, 0.1) is 30.0 Å². The van der Waals surface area contributed by atoms with E-state index in [0.717, 1.165) is 37.8 Å². The Morgan fingerprint density at radius 3 is 2.68 bits per heavy atom. The monoisotopic (exact) mass is 424 g/mol. The minimum atomic E-state index is -0.284. The first kappa shape index (κ1) is 20.0. The van der Waals surface area contributed by atoms with Crippen LogP contribution in [0.4, 0.5) is 0 Å². The zero-order valence-electron chi connectivity index (χ0n) is 18.1. The number of hydrogen-bond acceptors (Lipinski definition) is 5. The van der Waals surface area contributed by atoms with Crippen LogP contribution in [0.25, 0.3) is 0 Å². The van der Waals surface area contributed by atoms with Crippen LogP contribution in [-0.4, -0.2) is 54.5 Å². The molecule has 9 heteroatoms. The van der Waals surface area contributed by atoms with Gasteiger partial charge < -0.3 is 14.8 Å². The van der Waals surface area contributed by atoms with Crippen molar-refractivity contribution in [3.63, 3.8) is 0 Å². The van der Waals surface area contributed by atoms with Crippen LogP contribution in [0, 0.1) is 12.8 Å². The van der Waals surface area contributed by atoms with Gasteiger partial charge in [0.15, 0.2) is 0 Å². The topological polar surface area (TPSA) is 104 Å². The highest BCUT2D eigenvalue weighted by molar-refractivity contribution is 5.95. The van der Waals surface area contributed by atoms with Gasteiger partial charge in [-0.25, -0.2) is 4.98 Å². The average Bonchev–Trinajstić information content (AvgIpc) is 3.58. The van der Waals surface area contributed by atoms with Crippen LogP contribution in [0.3, 0.4) is 0 Å². The third-order valence-corrected chi connectivity index (χ3v) is 6.88. The predicted octanol–water partition coefficient (Wildman–Crippen LogP) is 1.47. The molecule has 0 bridgehead atoms. The van der Waals surface area contributed by atoms with Gasteiger partial charge in [-0.3, -0.25) is 19.1 Å². The number of aryl methyl sites for hydroxylation is 1. The zero-order valence-corrected chi connectivity index (χ0v) is 18.1. The number of hydrogen-bond donors (Lipinski definition) is 1. The lowest BCUT2D eigenvalue weighted by Gasteiger charge is -2.36. The molecule has 0 aromatic carbocycles. The number of fused-ring (bicyclic) bond motifs is 1. The van der Waals surface area contributed by atoms with Gasteiger partial charge in [-0.2, -0.15) is 5.10 Å². The fourth-order valence-electron chi connectivity index (χ4n) is 4.72. The summed E-state index contributed by atoms with van der Waals surface area (Å²) in [4.78, 5) is 50.1. The molecule has 3 aliphatic rings. The lowest BCUT2D eigenvalue weighted by molar-refractivity contribution is -0.133. The standard InChI is InChI=1S/C22H28N6O3/c1-13-16(11-23-26(13)2)22(31)28-9-4-3-5-18(28)19-24-17-12-27(21(30)14-6-7-14)10-8-15(17)20(29)25-19/h11,14,18H,3-10,12H2,1-2H3,(H,24,25,29). The minimum Gasteiger partial charge on any atom is -0.336 e. The predicted molar refractivity (Wildman–Crippen MR) is 112 cm³/mol. The Bertz CT molecular complexity index is 1100. The highest BCUT2D eigenvalue weighted by atomic mass is 16.2. The summed E-state index contributed by atoms with van der Waals surface area (Å²) in [5.74, 6) is 0.772. The summed E-state index contributed by atoms with van der Waals surface area (Å²) in [6.45, 7) is 3.44. The van der Waals surface area contributed by atoms with E-state index in [1.807, 2.05) is 23.8 Å². The van der Waals surface area contributed by atoms with E-state index in [4.69, 9.17) is 4.98 Å². The van der Waals surface area contributed by atoms with Crippen molar-refractivity contribution < 1.29 is 9.59 Å². The number of carbonyl (C=O) groups is 2. The van der Waals surface area contributed by atoms with E-state index >= 15 is 0 Å². The molecule has 2 amide bonds. The largest absolute Gasteiger partial charge is 0.336 e. The van der Waals surface area contributed by atoms with Crippen molar-refractivity contribution >= 4 is 11.8 Å². The van der Waals surface area contributed by atoms with Crippen molar-refractivity contribution in [1.82, 2.24) is 29.5 Å². The van der Waals surface area contributed by atoms with Gasteiger partial charge in [0.1, 0.15) is 5.82 Å². The molecule has 0 radical (unpaired) electrons. The summed E-state index contributed by atoms with van der Waals surface area (Å²) in [7, 11) is 1.82. The number of carbonyl (C=O) groups excluding carboxylic acids is 2. The fourth-order valence-corrected chi connectivity index (χ4v) is 4.72. The SMILES string of the molecule is Cc1c(C(=O)N2CCCCC2c2nc3c(c(=O)[nH]2)CCN(C(=O)C2CC2)C3)cnn1C. The molecule has 1 N–H and O–H groups in total. The first-order chi connectivity index (χ1) is 14.9. The molecule has 2 aromatic rings. The van der Waals surface area contributed by atoms with E-state index in [9.17, 15) is 14.4 Å². The van der Waals surface area contributed by atoms with E-state index in [1.54, 1.807) is 10.9 Å². The summed E-state index contributed by atoms with van der Waals surface area (Å²) >= 11 is 0. The van der Waals surface area contributed by atoms with Crippen LogP contribution >= 0.6 is 0 Å².